The summed E-state index contributed by atoms with van der Waals surface area (Å²) >= 11 is 0. The number of hydrogen-bond acceptors (Lipinski definition) is 3. The van der Waals surface area contributed by atoms with Crippen molar-refractivity contribution in [2.24, 2.45) is 0 Å². The topological polar surface area (TPSA) is 75.2 Å². The number of amides is 1. The molecule has 1 heterocycles. The van der Waals surface area contributed by atoms with Gasteiger partial charge in [-0.3, -0.25) is 14.4 Å². The van der Waals surface area contributed by atoms with Crippen molar-refractivity contribution in [3.63, 3.8) is 0 Å². The highest BCUT2D eigenvalue weighted by atomic mass is 16.2. The molecule has 0 saturated heterocycles. The van der Waals surface area contributed by atoms with Crippen LogP contribution in [0.5, 0.6) is 0 Å². The molecule has 1 aromatic heterocycles. The number of fused-ring (bicyclic) bond motifs is 1. The molecule has 3 aromatic rings. The van der Waals surface area contributed by atoms with Crippen LogP contribution in [0.15, 0.2) is 58.1 Å². The predicted molar refractivity (Wildman–Crippen MR) is 101 cm³/mol. The average molecular weight is 351 g/mol. The van der Waals surface area contributed by atoms with Gasteiger partial charge in [0.05, 0.1) is 17.1 Å². The lowest BCUT2D eigenvalue weighted by Gasteiger charge is -2.25. The van der Waals surface area contributed by atoms with Gasteiger partial charge < -0.3 is 14.5 Å². The lowest BCUT2D eigenvalue weighted by molar-refractivity contribution is 0.0743. The van der Waals surface area contributed by atoms with Crippen molar-refractivity contribution in [2.45, 2.75) is 26.4 Å². The van der Waals surface area contributed by atoms with Gasteiger partial charge in [-0.2, -0.15) is 0 Å². The minimum atomic E-state index is -0.685. The minimum absolute atomic E-state index is 0.0944. The summed E-state index contributed by atoms with van der Waals surface area (Å²) in [7, 11) is 1.75. The highest BCUT2D eigenvalue weighted by Crippen LogP contribution is 2.21. The third kappa shape index (κ3) is 3.06. The minimum Gasteiger partial charge on any atom is -0.335 e. The molecule has 2 aromatic carbocycles. The van der Waals surface area contributed by atoms with E-state index in [9.17, 15) is 14.4 Å². The zero-order valence-corrected chi connectivity index (χ0v) is 15.0. The Balaban J connectivity index is 2.00. The van der Waals surface area contributed by atoms with Gasteiger partial charge in [0, 0.05) is 19.2 Å². The number of rotatable bonds is 4. The number of H-pyrrole nitrogens is 1. The SMILES string of the molecule is CCn1c(=O)c(=O)[nH]c2cc(C(=O)N(C)[C@H](C)c3ccccc3)ccc21. The van der Waals surface area contributed by atoms with E-state index in [1.54, 1.807) is 37.1 Å². The van der Waals surface area contributed by atoms with E-state index in [2.05, 4.69) is 4.98 Å². The van der Waals surface area contributed by atoms with Gasteiger partial charge in [0.15, 0.2) is 0 Å². The van der Waals surface area contributed by atoms with E-state index in [0.717, 1.165) is 5.56 Å². The lowest BCUT2D eigenvalue weighted by atomic mass is 10.1. The summed E-state index contributed by atoms with van der Waals surface area (Å²) in [6.45, 7) is 4.15. The second kappa shape index (κ2) is 7.00. The van der Waals surface area contributed by atoms with E-state index in [1.807, 2.05) is 37.3 Å². The van der Waals surface area contributed by atoms with Gasteiger partial charge in [-0.05, 0) is 37.6 Å². The Hall–Kier alpha value is -3.15. The number of nitrogens with zero attached hydrogens (tertiary/aromatic N) is 2. The summed E-state index contributed by atoms with van der Waals surface area (Å²) in [6.07, 6.45) is 0. The van der Waals surface area contributed by atoms with Crippen molar-refractivity contribution in [3.05, 3.63) is 80.4 Å². The first-order valence-corrected chi connectivity index (χ1v) is 8.53. The van der Waals surface area contributed by atoms with Crippen LogP contribution in [0.25, 0.3) is 11.0 Å². The molecule has 0 aliphatic rings. The maximum Gasteiger partial charge on any atom is 0.316 e. The molecule has 1 amide bonds. The van der Waals surface area contributed by atoms with Crippen LogP contribution in [-0.2, 0) is 6.54 Å². The molecule has 26 heavy (non-hydrogen) atoms. The summed E-state index contributed by atoms with van der Waals surface area (Å²) in [6, 6.07) is 14.7. The van der Waals surface area contributed by atoms with Crippen LogP contribution in [0, 0.1) is 0 Å². The number of carbonyl (C=O) groups excluding carboxylic acids is 1. The molecule has 0 aliphatic heterocycles. The van der Waals surface area contributed by atoms with E-state index in [0.29, 0.717) is 23.1 Å². The molecule has 6 nitrogen and oxygen atoms in total. The van der Waals surface area contributed by atoms with Crippen molar-refractivity contribution < 1.29 is 4.79 Å². The maximum atomic E-state index is 12.9. The van der Waals surface area contributed by atoms with Crippen LogP contribution >= 0.6 is 0 Å². The first kappa shape index (κ1) is 17.7. The van der Waals surface area contributed by atoms with Gasteiger partial charge in [-0.15, -0.1) is 0 Å². The van der Waals surface area contributed by atoms with Crippen LogP contribution in [-0.4, -0.2) is 27.4 Å². The van der Waals surface area contributed by atoms with Crippen LogP contribution < -0.4 is 11.1 Å². The maximum absolute atomic E-state index is 12.9. The number of hydrogen-bond donors (Lipinski definition) is 1. The molecule has 0 aliphatic carbocycles. The number of carbonyl (C=O) groups is 1. The number of aromatic amines is 1. The molecule has 6 heteroatoms. The molecular weight excluding hydrogens is 330 g/mol. The van der Waals surface area contributed by atoms with E-state index in [-0.39, 0.29) is 11.9 Å². The number of aryl methyl sites for hydroxylation is 1. The Morgan fingerprint density at radius 1 is 1.15 bits per heavy atom. The molecule has 0 saturated carbocycles. The predicted octanol–water partition coefficient (Wildman–Crippen LogP) is 2.54. The zero-order valence-electron chi connectivity index (χ0n) is 15.0. The molecule has 1 atom stereocenters. The monoisotopic (exact) mass is 351 g/mol. The fraction of sp³-hybridized carbons (Fsp3) is 0.250. The second-order valence-electron chi connectivity index (χ2n) is 6.24. The quantitative estimate of drug-likeness (QED) is 0.734. The van der Waals surface area contributed by atoms with E-state index in [4.69, 9.17) is 0 Å². The number of benzene rings is 2. The number of aromatic nitrogens is 2. The first-order chi connectivity index (χ1) is 12.4. The molecule has 0 bridgehead atoms. The molecule has 0 unspecified atom stereocenters. The zero-order chi connectivity index (χ0) is 18.8. The molecule has 3 rings (SSSR count). The molecule has 134 valence electrons. The van der Waals surface area contributed by atoms with Crippen LogP contribution in [0.2, 0.25) is 0 Å². The fourth-order valence-electron chi connectivity index (χ4n) is 3.06. The third-order valence-electron chi connectivity index (χ3n) is 4.72. The normalized spacial score (nSPS) is 12.1. The lowest BCUT2D eigenvalue weighted by Crippen LogP contribution is -2.36. The summed E-state index contributed by atoms with van der Waals surface area (Å²) in [4.78, 5) is 40.9. The van der Waals surface area contributed by atoms with Crippen LogP contribution in [0.4, 0.5) is 0 Å². The smallest absolute Gasteiger partial charge is 0.316 e. The Morgan fingerprint density at radius 2 is 1.85 bits per heavy atom. The van der Waals surface area contributed by atoms with Crippen molar-refractivity contribution >= 4 is 16.9 Å². The first-order valence-electron chi connectivity index (χ1n) is 8.53. The highest BCUT2D eigenvalue weighted by Gasteiger charge is 2.19. The van der Waals surface area contributed by atoms with Gasteiger partial charge in [-0.1, -0.05) is 30.3 Å². The molecule has 1 N–H and O–H groups in total. The third-order valence-corrected chi connectivity index (χ3v) is 4.72. The Bertz CT molecular complexity index is 1070. The fourth-order valence-corrected chi connectivity index (χ4v) is 3.06. The van der Waals surface area contributed by atoms with E-state index < -0.39 is 11.1 Å². The molecular formula is C20H21N3O3. The molecule has 0 fully saturated rings. The van der Waals surface area contributed by atoms with Gasteiger partial charge in [0.2, 0.25) is 0 Å². The standard InChI is InChI=1S/C20H21N3O3/c1-4-23-17-11-10-15(12-16(17)21-18(24)20(23)26)19(25)22(3)13(2)14-8-6-5-7-9-14/h5-13H,4H2,1-3H3,(H,21,24)/t13-/m1/s1. The number of nitrogens with one attached hydrogen (secondary N) is 1. The molecule has 0 radical (unpaired) electrons. The van der Waals surface area contributed by atoms with Crippen LogP contribution in [0.3, 0.4) is 0 Å². The van der Waals surface area contributed by atoms with Crippen molar-refractivity contribution in [3.8, 4) is 0 Å². The largest absolute Gasteiger partial charge is 0.335 e. The second-order valence-corrected chi connectivity index (χ2v) is 6.24. The van der Waals surface area contributed by atoms with Crippen molar-refractivity contribution in [1.82, 2.24) is 14.5 Å². The van der Waals surface area contributed by atoms with Gasteiger partial charge in [-0.25, -0.2) is 0 Å². The van der Waals surface area contributed by atoms with Crippen molar-refractivity contribution in [1.29, 1.82) is 0 Å². The van der Waals surface area contributed by atoms with E-state index >= 15 is 0 Å². The van der Waals surface area contributed by atoms with Gasteiger partial charge >= 0.3 is 11.1 Å². The Morgan fingerprint density at radius 3 is 2.50 bits per heavy atom. The van der Waals surface area contributed by atoms with Gasteiger partial charge in [0.25, 0.3) is 5.91 Å². The average Bonchev–Trinajstić information content (AvgIpc) is 2.67. The summed E-state index contributed by atoms with van der Waals surface area (Å²) in [5.74, 6) is -0.154. The summed E-state index contributed by atoms with van der Waals surface area (Å²) in [5.41, 5.74) is 1.30. The Labute approximate surface area is 150 Å². The van der Waals surface area contributed by atoms with E-state index in [1.165, 1.54) is 4.57 Å². The van der Waals surface area contributed by atoms with Gasteiger partial charge in [0.1, 0.15) is 0 Å². The van der Waals surface area contributed by atoms with Crippen LogP contribution in [0.1, 0.15) is 35.8 Å². The summed E-state index contributed by atoms with van der Waals surface area (Å²) in [5, 5.41) is 0. The Kier molecular flexibility index (Phi) is 4.75. The summed E-state index contributed by atoms with van der Waals surface area (Å²) < 4.78 is 1.40. The molecule has 0 spiro atoms. The van der Waals surface area contributed by atoms with Crippen molar-refractivity contribution in [2.75, 3.05) is 7.05 Å². The highest BCUT2D eigenvalue weighted by molar-refractivity contribution is 5.97.